The molecule has 2 rings (SSSR count). The van der Waals surface area contributed by atoms with Gasteiger partial charge in [-0.3, -0.25) is 9.59 Å². The molecule has 0 fully saturated rings. The Morgan fingerprint density at radius 1 is 1.26 bits per heavy atom. The van der Waals surface area contributed by atoms with E-state index in [0.717, 1.165) is 23.5 Å². The molecule has 7 nitrogen and oxygen atoms in total. The van der Waals surface area contributed by atoms with Crippen LogP contribution >= 0.6 is 11.3 Å². The number of aryl methyl sites for hydroxylation is 1. The van der Waals surface area contributed by atoms with E-state index >= 15 is 0 Å². The van der Waals surface area contributed by atoms with Gasteiger partial charge in [0.2, 0.25) is 5.91 Å². The minimum absolute atomic E-state index is 0.0590. The SMILES string of the molecule is CCOC(=O)c1sc(NC(=O)CCNC(=O)c2ccc(F)cc2F)nc1C. The van der Waals surface area contributed by atoms with Gasteiger partial charge in [-0.15, -0.1) is 0 Å². The summed E-state index contributed by atoms with van der Waals surface area (Å²) in [6, 6.07) is 2.60. The zero-order chi connectivity index (χ0) is 20.0. The number of hydrogen-bond donors (Lipinski definition) is 2. The van der Waals surface area contributed by atoms with Gasteiger partial charge in [-0.2, -0.15) is 0 Å². The lowest BCUT2D eigenvalue weighted by Crippen LogP contribution is -2.28. The lowest BCUT2D eigenvalue weighted by Gasteiger charge is -2.06. The van der Waals surface area contributed by atoms with Crippen molar-refractivity contribution in [2.24, 2.45) is 0 Å². The number of benzene rings is 1. The van der Waals surface area contributed by atoms with E-state index in [9.17, 15) is 23.2 Å². The van der Waals surface area contributed by atoms with Crippen LogP contribution in [-0.2, 0) is 9.53 Å². The molecule has 1 heterocycles. The molecule has 0 aliphatic carbocycles. The molecule has 0 saturated heterocycles. The number of nitrogens with zero attached hydrogens (tertiary/aromatic N) is 1. The number of hydrogen-bond acceptors (Lipinski definition) is 6. The minimum atomic E-state index is -0.985. The summed E-state index contributed by atoms with van der Waals surface area (Å²) in [6.45, 7) is 3.47. The third kappa shape index (κ3) is 5.55. The summed E-state index contributed by atoms with van der Waals surface area (Å²) >= 11 is 0.986. The van der Waals surface area contributed by atoms with Crippen LogP contribution in [0.15, 0.2) is 18.2 Å². The van der Waals surface area contributed by atoms with Crippen molar-refractivity contribution in [2.75, 3.05) is 18.5 Å². The van der Waals surface area contributed by atoms with Crippen molar-refractivity contribution in [3.63, 3.8) is 0 Å². The number of nitrogens with one attached hydrogen (secondary N) is 2. The lowest BCUT2D eigenvalue weighted by atomic mass is 10.2. The van der Waals surface area contributed by atoms with Crippen LogP contribution in [0.25, 0.3) is 0 Å². The number of rotatable bonds is 7. The van der Waals surface area contributed by atoms with E-state index in [2.05, 4.69) is 15.6 Å². The minimum Gasteiger partial charge on any atom is -0.462 e. The molecule has 0 aliphatic rings. The Labute approximate surface area is 157 Å². The van der Waals surface area contributed by atoms with Crippen molar-refractivity contribution in [2.45, 2.75) is 20.3 Å². The first-order valence-electron chi connectivity index (χ1n) is 7.99. The van der Waals surface area contributed by atoms with Crippen molar-refractivity contribution in [3.05, 3.63) is 46.0 Å². The normalized spacial score (nSPS) is 10.4. The molecule has 2 amide bonds. The summed E-state index contributed by atoms with van der Waals surface area (Å²) in [5.74, 6) is -3.48. The van der Waals surface area contributed by atoms with Crippen LogP contribution in [-0.4, -0.2) is 35.9 Å². The summed E-state index contributed by atoms with van der Waals surface area (Å²) in [5, 5.41) is 5.13. The molecule has 0 aliphatic heterocycles. The van der Waals surface area contributed by atoms with Crippen LogP contribution in [0.3, 0.4) is 0 Å². The second-order valence-electron chi connectivity index (χ2n) is 5.33. The molecule has 0 unspecified atom stereocenters. The van der Waals surface area contributed by atoms with Crippen LogP contribution in [0.5, 0.6) is 0 Å². The summed E-state index contributed by atoms with van der Waals surface area (Å²) < 4.78 is 31.2. The highest BCUT2D eigenvalue weighted by atomic mass is 32.1. The number of ether oxygens (including phenoxy) is 1. The molecule has 2 N–H and O–H groups in total. The highest BCUT2D eigenvalue weighted by molar-refractivity contribution is 7.17. The van der Waals surface area contributed by atoms with E-state index in [-0.39, 0.29) is 30.3 Å². The largest absolute Gasteiger partial charge is 0.462 e. The molecule has 1 aromatic carbocycles. The zero-order valence-corrected chi connectivity index (χ0v) is 15.4. The van der Waals surface area contributed by atoms with Crippen LogP contribution in [0.4, 0.5) is 13.9 Å². The predicted octanol–water partition coefficient (Wildman–Crippen LogP) is 2.67. The monoisotopic (exact) mass is 397 g/mol. The molecule has 27 heavy (non-hydrogen) atoms. The second kappa shape index (κ2) is 9.17. The number of carbonyl (C=O) groups excluding carboxylic acids is 3. The average Bonchev–Trinajstić information content (AvgIpc) is 2.95. The van der Waals surface area contributed by atoms with Gasteiger partial charge in [0.25, 0.3) is 5.91 Å². The Morgan fingerprint density at radius 3 is 2.67 bits per heavy atom. The fourth-order valence-corrected chi connectivity index (χ4v) is 2.95. The van der Waals surface area contributed by atoms with Gasteiger partial charge in [0.15, 0.2) is 5.13 Å². The number of carbonyl (C=O) groups is 3. The van der Waals surface area contributed by atoms with Gasteiger partial charge in [0.05, 0.1) is 17.9 Å². The van der Waals surface area contributed by atoms with E-state index in [1.165, 1.54) is 0 Å². The number of amides is 2. The molecular formula is C17H17F2N3O4S. The van der Waals surface area contributed by atoms with Gasteiger partial charge in [-0.25, -0.2) is 18.6 Å². The quantitative estimate of drug-likeness (QED) is 0.700. The number of thiazole rings is 1. The summed E-state index contributed by atoms with van der Waals surface area (Å²) in [6.07, 6.45) is -0.0953. The first kappa shape index (κ1) is 20.4. The summed E-state index contributed by atoms with van der Waals surface area (Å²) in [4.78, 5) is 39.9. The molecule has 10 heteroatoms. The predicted molar refractivity (Wildman–Crippen MR) is 94.7 cm³/mol. The second-order valence-corrected chi connectivity index (χ2v) is 6.33. The molecular weight excluding hydrogens is 380 g/mol. The van der Waals surface area contributed by atoms with E-state index in [1.807, 2.05) is 0 Å². The van der Waals surface area contributed by atoms with Gasteiger partial charge in [0.1, 0.15) is 16.5 Å². The third-order valence-corrected chi connectivity index (χ3v) is 4.37. The van der Waals surface area contributed by atoms with Crippen molar-refractivity contribution in [3.8, 4) is 0 Å². The average molecular weight is 397 g/mol. The van der Waals surface area contributed by atoms with Crippen LogP contribution < -0.4 is 10.6 Å². The number of esters is 1. The fourth-order valence-electron chi connectivity index (χ4n) is 2.08. The summed E-state index contributed by atoms with van der Waals surface area (Å²) in [7, 11) is 0. The first-order chi connectivity index (χ1) is 12.8. The molecule has 2 aromatic rings. The highest BCUT2D eigenvalue weighted by Gasteiger charge is 2.18. The maximum absolute atomic E-state index is 13.5. The van der Waals surface area contributed by atoms with Crippen LogP contribution in [0.2, 0.25) is 0 Å². The van der Waals surface area contributed by atoms with E-state index in [1.54, 1.807) is 13.8 Å². The molecule has 0 spiro atoms. The molecule has 144 valence electrons. The van der Waals surface area contributed by atoms with Gasteiger partial charge < -0.3 is 15.4 Å². The topological polar surface area (TPSA) is 97.4 Å². The highest BCUT2D eigenvalue weighted by Crippen LogP contribution is 2.23. The zero-order valence-electron chi connectivity index (χ0n) is 14.6. The molecule has 1 aromatic heterocycles. The van der Waals surface area contributed by atoms with Crippen LogP contribution in [0.1, 0.15) is 39.1 Å². The van der Waals surface area contributed by atoms with Crippen molar-refractivity contribution in [1.82, 2.24) is 10.3 Å². The van der Waals surface area contributed by atoms with Gasteiger partial charge >= 0.3 is 5.97 Å². The van der Waals surface area contributed by atoms with Gasteiger partial charge in [0, 0.05) is 19.0 Å². The Kier molecular flexibility index (Phi) is 6.94. The molecule has 0 saturated carbocycles. The summed E-state index contributed by atoms with van der Waals surface area (Å²) in [5.41, 5.74) is 0.125. The Balaban J connectivity index is 1.85. The van der Waals surface area contributed by atoms with Crippen LogP contribution in [0, 0.1) is 18.6 Å². The Morgan fingerprint density at radius 2 is 2.00 bits per heavy atom. The fraction of sp³-hybridized carbons (Fsp3) is 0.294. The van der Waals surface area contributed by atoms with E-state index in [0.29, 0.717) is 16.6 Å². The van der Waals surface area contributed by atoms with Gasteiger partial charge in [-0.05, 0) is 26.0 Å². The molecule has 0 atom stereocenters. The van der Waals surface area contributed by atoms with Crippen molar-refractivity contribution in [1.29, 1.82) is 0 Å². The molecule has 0 radical (unpaired) electrons. The molecule has 0 bridgehead atoms. The third-order valence-electron chi connectivity index (χ3n) is 3.32. The van der Waals surface area contributed by atoms with Gasteiger partial charge in [-0.1, -0.05) is 11.3 Å². The smallest absolute Gasteiger partial charge is 0.350 e. The van der Waals surface area contributed by atoms with E-state index < -0.39 is 29.4 Å². The van der Waals surface area contributed by atoms with Crippen molar-refractivity contribution >= 4 is 34.3 Å². The lowest BCUT2D eigenvalue weighted by molar-refractivity contribution is -0.116. The van der Waals surface area contributed by atoms with Crippen molar-refractivity contribution < 1.29 is 27.9 Å². The van der Waals surface area contributed by atoms with E-state index in [4.69, 9.17) is 4.74 Å². The number of anilines is 1. The Bertz CT molecular complexity index is 870. The maximum Gasteiger partial charge on any atom is 0.350 e. The first-order valence-corrected chi connectivity index (χ1v) is 8.81. The Hall–Kier alpha value is -2.88. The standard InChI is InChI=1S/C17H17F2N3O4S/c1-3-26-16(25)14-9(2)21-17(27-14)22-13(23)6-7-20-15(24)11-5-4-10(18)8-12(11)19/h4-5,8H,3,6-7H2,1-2H3,(H,20,24)(H,21,22,23). The maximum atomic E-state index is 13.5. The number of aromatic nitrogens is 1. The number of halogens is 2.